The van der Waals surface area contributed by atoms with E-state index in [2.05, 4.69) is 45.7 Å². The summed E-state index contributed by atoms with van der Waals surface area (Å²) < 4.78 is 1.38. The standard InChI is InChI=1S/C13H19Br2NO2/c1-7(2)3-4-11(17)12(16)9-5-8(14)6-10(15)13(9)18/h5-7,11-12,17-18H,3-4,16H2,1-2H3/t11-,12+/m0/s1. The fourth-order valence-electron chi connectivity index (χ4n) is 1.73. The first-order valence-electron chi connectivity index (χ1n) is 5.94. The molecule has 4 N–H and O–H groups in total. The average Bonchev–Trinajstić information content (AvgIpc) is 2.29. The van der Waals surface area contributed by atoms with Crippen molar-refractivity contribution in [3.8, 4) is 5.75 Å². The van der Waals surface area contributed by atoms with E-state index in [1.165, 1.54) is 0 Å². The summed E-state index contributed by atoms with van der Waals surface area (Å²) in [5.41, 5.74) is 6.56. The Morgan fingerprint density at radius 3 is 2.39 bits per heavy atom. The predicted molar refractivity (Wildman–Crippen MR) is 80.5 cm³/mol. The molecular weight excluding hydrogens is 362 g/mol. The minimum Gasteiger partial charge on any atom is -0.506 e. The molecule has 0 radical (unpaired) electrons. The number of nitrogens with two attached hydrogens (primary N) is 1. The van der Waals surface area contributed by atoms with Crippen LogP contribution in [-0.4, -0.2) is 16.3 Å². The van der Waals surface area contributed by atoms with Crippen LogP contribution in [0, 0.1) is 5.92 Å². The molecule has 0 bridgehead atoms. The summed E-state index contributed by atoms with van der Waals surface area (Å²) in [5.74, 6) is 0.615. The fourth-order valence-corrected chi connectivity index (χ4v) is 2.99. The number of phenolic OH excluding ortho intramolecular Hbond substituents is 1. The van der Waals surface area contributed by atoms with Gasteiger partial charge in [-0.2, -0.15) is 0 Å². The van der Waals surface area contributed by atoms with E-state index < -0.39 is 12.1 Å². The highest BCUT2D eigenvalue weighted by atomic mass is 79.9. The molecule has 0 aromatic heterocycles. The molecule has 0 aliphatic heterocycles. The van der Waals surface area contributed by atoms with Crippen LogP contribution in [0.2, 0.25) is 0 Å². The number of aliphatic hydroxyl groups is 1. The molecule has 5 heteroatoms. The van der Waals surface area contributed by atoms with Crippen LogP contribution in [0.4, 0.5) is 0 Å². The molecule has 0 saturated carbocycles. The van der Waals surface area contributed by atoms with E-state index in [-0.39, 0.29) is 5.75 Å². The summed E-state index contributed by atoms with van der Waals surface area (Å²) in [4.78, 5) is 0. The number of aromatic hydroxyl groups is 1. The first kappa shape index (κ1) is 16.0. The van der Waals surface area contributed by atoms with E-state index in [0.717, 1.165) is 10.9 Å². The Morgan fingerprint density at radius 2 is 1.83 bits per heavy atom. The minimum atomic E-state index is -0.653. The molecule has 0 saturated heterocycles. The van der Waals surface area contributed by atoms with Gasteiger partial charge in [0, 0.05) is 10.0 Å². The highest BCUT2D eigenvalue weighted by molar-refractivity contribution is 9.11. The third kappa shape index (κ3) is 4.23. The smallest absolute Gasteiger partial charge is 0.134 e. The van der Waals surface area contributed by atoms with Crippen LogP contribution in [0.15, 0.2) is 21.1 Å². The van der Waals surface area contributed by atoms with Crippen molar-refractivity contribution in [1.82, 2.24) is 0 Å². The number of aliphatic hydroxyl groups excluding tert-OH is 1. The topological polar surface area (TPSA) is 66.5 Å². The van der Waals surface area contributed by atoms with Gasteiger partial charge in [-0.15, -0.1) is 0 Å². The van der Waals surface area contributed by atoms with Crippen molar-refractivity contribution in [3.05, 3.63) is 26.6 Å². The zero-order chi connectivity index (χ0) is 13.9. The lowest BCUT2D eigenvalue weighted by molar-refractivity contribution is 0.127. The van der Waals surface area contributed by atoms with Crippen molar-refractivity contribution in [2.45, 2.75) is 38.8 Å². The van der Waals surface area contributed by atoms with Crippen LogP contribution >= 0.6 is 31.9 Å². The number of rotatable bonds is 5. The first-order valence-corrected chi connectivity index (χ1v) is 7.53. The summed E-state index contributed by atoms with van der Waals surface area (Å²) >= 11 is 6.61. The van der Waals surface area contributed by atoms with Crippen molar-refractivity contribution >= 4 is 31.9 Å². The minimum absolute atomic E-state index is 0.0919. The van der Waals surface area contributed by atoms with Crippen LogP contribution in [0.5, 0.6) is 5.75 Å². The Labute approximate surface area is 125 Å². The van der Waals surface area contributed by atoms with Gasteiger partial charge in [-0.3, -0.25) is 0 Å². The van der Waals surface area contributed by atoms with Gasteiger partial charge in [0.25, 0.3) is 0 Å². The molecule has 0 fully saturated rings. The Kier molecular flexibility index (Phi) is 6.11. The van der Waals surface area contributed by atoms with Crippen LogP contribution in [0.3, 0.4) is 0 Å². The van der Waals surface area contributed by atoms with Gasteiger partial charge in [0.15, 0.2) is 0 Å². The second-order valence-corrected chi connectivity index (χ2v) is 6.66. The van der Waals surface area contributed by atoms with Crippen LogP contribution < -0.4 is 5.73 Å². The molecule has 0 aliphatic rings. The van der Waals surface area contributed by atoms with E-state index in [1.807, 2.05) is 0 Å². The number of benzene rings is 1. The maximum Gasteiger partial charge on any atom is 0.134 e. The molecule has 3 nitrogen and oxygen atoms in total. The molecule has 1 rings (SSSR count). The van der Waals surface area contributed by atoms with Gasteiger partial charge in [0.2, 0.25) is 0 Å². The molecule has 1 aromatic rings. The largest absolute Gasteiger partial charge is 0.506 e. The monoisotopic (exact) mass is 379 g/mol. The lowest BCUT2D eigenvalue weighted by Crippen LogP contribution is -2.26. The van der Waals surface area contributed by atoms with Gasteiger partial charge in [0.1, 0.15) is 5.75 Å². The van der Waals surface area contributed by atoms with E-state index in [0.29, 0.717) is 22.4 Å². The van der Waals surface area contributed by atoms with Gasteiger partial charge >= 0.3 is 0 Å². The van der Waals surface area contributed by atoms with Gasteiger partial charge < -0.3 is 15.9 Å². The molecule has 1 aromatic carbocycles. The van der Waals surface area contributed by atoms with E-state index >= 15 is 0 Å². The molecule has 102 valence electrons. The second-order valence-electron chi connectivity index (χ2n) is 4.89. The average molecular weight is 381 g/mol. The molecule has 0 heterocycles. The Balaban J connectivity index is 2.86. The van der Waals surface area contributed by atoms with Crippen molar-refractivity contribution < 1.29 is 10.2 Å². The number of hydrogen-bond donors (Lipinski definition) is 3. The maximum atomic E-state index is 10.1. The molecule has 0 spiro atoms. The molecule has 18 heavy (non-hydrogen) atoms. The Hall–Kier alpha value is -0.100. The zero-order valence-electron chi connectivity index (χ0n) is 10.5. The van der Waals surface area contributed by atoms with Gasteiger partial charge in [-0.1, -0.05) is 29.8 Å². The summed E-state index contributed by atoms with van der Waals surface area (Å²) in [6.07, 6.45) is 0.882. The summed E-state index contributed by atoms with van der Waals surface area (Å²) in [7, 11) is 0. The van der Waals surface area contributed by atoms with Crippen molar-refractivity contribution in [1.29, 1.82) is 0 Å². The summed E-state index contributed by atoms with van der Waals surface area (Å²) in [6, 6.07) is 2.90. The highest BCUT2D eigenvalue weighted by Gasteiger charge is 2.21. The Morgan fingerprint density at radius 1 is 1.22 bits per heavy atom. The summed E-state index contributed by atoms with van der Waals surface area (Å²) in [5, 5.41) is 20.0. The van der Waals surface area contributed by atoms with Crippen molar-refractivity contribution in [2.75, 3.05) is 0 Å². The van der Waals surface area contributed by atoms with Crippen LogP contribution in [0.1, 0.15) is 38.3 Å². The highest BCUT2D eigenvalue weighted by Crippen LogP contribution is 2.36. The van der Waals surface area contributed by atoms with Gasteiger partial charge in [0.05, 0.1) is 16.6 Å². The third-order valence-corrected chi connectivity index (χ3v) is 3.93. The lowest BCUT2D eigenvalue weighted by atomic mass is 9.95. The summed E-state index contributed by atoms with van der Waals surface area (Å²) in [6.45, 7) is 4.21. The van der Waals surface area contributed by atoms with Crippen LogP contribution in [-0.2, 0) is 0 Å². The van der Waals surface area contributed by atoms with Crippen molar-refractivity contribution in [3.63, 3.8) is 0 Å². The fraction of sp³-hybridized carbons (Fsp3) is 0.538. The normalized spacial score (nSPS) is 14.8. The predicted octanol–water partition coefficient (Wildman–Crippen LogP) is 3.71. The molecule has 0 amide bonds. The zero-order valence-corrected chi connectivity index (χ0v) is 13.7. The maximum absolute atomic E-state index is 10.1. The quantitative estimate of drug-likeness (QED) is 0.729. The number of halogens is 2. The molecule has 0 unspecified atom stereocenters. The van der Waals surface area contributed by atoms with E-state index in [4.69, 9.17) is 5.73 Å². The first-order chi connectivity index (χ1) is 8.32. The van der Waals surface area contributed by atoms with Gasteiger partial charge in [-0.05, 0) is 46.8 Å². The molecule has 0 aliphatic carbocycles. The second kappa shape index (κ2) is 6.89. The van der Waals surface area contributed by atoms with Crippen LogP contribution in [0.25, 0.3) is 0 Å². The molecular formula is C13H19Br2NO2. The molecule has 2 atom stereocenters. The number of hydrogen-bond acceptors (Lipinski definition) is 3. The third-order valence-electron chi connectivity index (χ3n) is 2.87. The van der Waals surface area contributed by atoms with E-state index in [1.54, 1.807) is 12.1 Å². The van der Waals surface area contributed by atoms with E-state index in [9.17, 15) is 10.2 Å². The number of phenols is 1. The van der Waals surface area contributed by atoms with Gasteiger partial charge in [-0.25, -0.2) is 0 Å². The SMILES string of the molecule is CC(C)CC[C@H](O)[C@H](N)c1cc(Br)cc(Br)c1O. The van der Waals surface area contributed by atoms with Crippen molar-refractivity contribution in [2.24, 2.45) is 11.7 Å². The lowest BCUT2D eigenvalue weighted by Gasteiger charge is -2.21. The Bertz CT molecular complexity index is 410.